The van der Waals surface area contributed by atoms with Crippen molar-refractivity contribution in [3.05, 3.63) is 24.5 Å². The minimum Gasteiger partial charge on any atom is -0.398 e. The van der Waals surface area contributed by atoms with Crippen LogP contribution in [0, 0.1) is 0 Å². The second kappa shape index (κ2) is 5.19. The van der Waals surface area contributed by atoms with Crippen LogP contribution in [0.3, 0.4) is 0 Å². The number of nitrogens with zero attached hydrogens (tertiary/aromatic N) is 3. The number of rotatable bonds is 4. The Morgan fingerprint density at radius 1 is 1.42 bits per heavy atom. The van der Waals surface area contributed by atoms with Crippen LogP contribution < -0.4 is 10.5 Å². The maximum absolute atomic E-state index is 11.6. The molecular weight excluding hydrogens is 286 g/mol. The summed E-state index contributed by atoms with van der Waals surface area (Å²) in [6.45, 7) is 0. The quantitative estimate of drug-likeness (QED) is 0.795. The molecule has 9 heteroatoms. The fraction of sp³-hybridized carbons (Fsp3) is 0.200. The van der Waals surface area contributed by atoms with Crippen molar-refractivity contribution in [2.24, 2.45) is 7.05 Å². The molecule has 0 spiro atoms. The van der Waals surface area contributed by atoms with E-state index in [2.05, 4.69) is 14.8 Å². The summed E-state index contributed by atoms with van der Waals surface area (Å²) >= 11 is 1.32. The molecule has 0 aliphatic heterocycles. The Bertz CT molecular complexity index is 696. The highest BCUT2D eigenvalue weighted by molar-refractivity contribution is 7.99. The first kappa shape index (κ1) is 13.8. The Morgan fingerprint density at radius 2 is 2.16 bits per heavy atom. The van der Waals surface area contributed by atoms with E-state index in [1.165, 1.54) is 37.3 Å². The highest BCUT2D eigenvalue weighted by Gasteiger charge is 2.14. The first-order valence-electron chi connectivity index (χ1n) is 5.29. The van der Waals surface area contributed by atoms with Crippen LogP contribution >= 0.6 is 11.8 Å². The van der Waals surface area contributed by atoms with Gasteiger partial charge in [0, 0.05) is 17.6 Å². The van der Waals surface area contributed by atoms with Gasteiger partial charge in [-0.05, 0) is 37.0 Å². The number of benzene rings is 1. The van der Waals surface area contributed by atoms with E-state index in [9.17, 15) is 8.42 Å². The van der Waals surface area contributed by atoms with E-state index in [0.29, 0.717) is 10.8 Å². The van der Waals surface area contributed by atoms with Crippen molar-refractivity contribution >= 4 is 27.5 Å². The third-order valence-electron chi connectivity index (χ3n) is 2.43. The molecule has 102 valence electrons. The minimum absolute atomic E-state index is 0.134. The summed E-state index contributed by atoms with van der Waals surface area (Å²) < 4.78 is 27.1. The number of hydrogen-bond acceptors (Lipinski definition) is 6. The zero-order valence-electron chi connectivity index (χ0n) is 10.4. The maximum atomic E-state index is 11.6. The molecule has 1 heterocycles. The predicted molar refractivity (Wildman–Crippen MR) is 72.2 cm³/mol. The summed E-state index contributed by atoms with van der Waals surface area (Å²) in [5.41, 5.74) is 6.25. The van der Waals surface area contributed by atoms with Gasteiger partial charge in [0.05, 0.1) is 4.90 Å². The van der Waals surface area contributed by atoms with Crippen LogP contribution in [-0.4, -0.2) is 30.2 Å². The smallest absolute Gasteiger partial charge is 0.240 e. The lowest BCUT2D eigenvalue weighted by atomic mass is 10.3. The molecule has 0 saturated heterocycles. The lowest BCUT2D eigenvalue weighted by Crippen LogP contribution is -2.18. The second-order valence-corrected chi connectivity index (χ2v) is 6.57. The van der Waals surface area contributed by atoms with E-state index in [4.69, 9.17) is 5.73 Å². The van der Waals surface area contributed by atoms with Crippen molar-refractivity contribution in [3.8, 4) is 0 Å². The number of hydrogen-bond donors (Lipinski definition) is 2. The average Bonchev–Trinajstić information content (AvgIpc) is 2.77. The Labute approximate surface area is 115 Å². The summed E-state index contributed by atoms with van der Waals surface area (Å²) in [5, 5.41) is 4.63. The van der Waals surface area contributed by atoms with Crippen molar-refractivity contribution in [1.29, 1.82) is 0 Å². The van der Waals surface area contributed by atoms with Crippen LogP contribution in [0.4, 0.5) is 5.69 Å². The van der Waals surface area contributed by atoms with E-state index in [0.717, 1.165) is 4.90 Å². The topological polar surface area (TPSA) is 103 Å². The molecular formula is C10H13N5O2S2. The standard InChI is InChI=1S/C10H13N5O2S2/c1-12-19(16,17)7-3-4-9(8(11)5-7)18-10-13-6-14-15(10)2/h3-6,12H,11H2,1-2H3. The van der Waals surface area contributed by atoms with Gasteiger partial charge in [-0.1, -0.05) is 0 Å². The summed E-state index contributed by atoms with van der Waals surface area (Å²) in [4.78, 5) is 4.93. The van der Waals surface area contributed by atoms with Gasteiger partial charge in [0.2, 0.25) is 10.0 Å². The number of aromatic nitrogens is 3. The number of nitrogens with two attached hydrogens (primary N) is 1. The molecule has 3 N–H and O–H groups in total. The Morgan fingerprint density at radius 3 is 2.68 bits per heavy atom. The van der Waals surface area contributed by atoms with Gasteiger partial charge < -0.3 is 5.73 Å². The van der Waals surface area contributed by atoms with Gasteiger partial charge in [0.25, 0.3) is 0 Å². The molecule has 0 amide bonds. The predicted octanol–water partition coefficient (Wildman–Crippen LogP) is 0.457. The third kappa shape index (κ3) is 2.88. The lowest BCUT2D eigenvalue weighted by Gasteiger charge is -2.07. The maximum Gasteiger partial charge on any atom is 0.240 e. The lowest BCUT2D eigenvalue weighted by molar-refractivity contribution is 0.588. The molecule has 7 nitrogen and oxygen atoms in total. The number of anilines is 1. The molecule has 0 atom stereocenters. The number of sulfonamides is 1. The van der Waals surface area contributed by atoms with E-state index >= 15 is 0 Å². The van der Waals surface area contributed by atoms with Gasteiger partial charge >= 0.3 is 0 Å². The van der Waals surface area contributed by atoms with Crippen molar-refractivity contribution in [2.45, 2.75) is 14.9 Å². The molecule has 0 radical (unpaired) electrons. The van der Waals surface area contributed by atoms with E-state index in [1.54, 1.807) is 17.8 Å². The van der Waals surface area contributed by atoms with E-state index in [-0.39, 0.29) is 4.90 Å². The second-order valence-electron chi connectivity index (χ2n) is 3.68. The Kier molecular flexibility index (Phi) is 3.78. The van der Waals surface area contributed by atoms with Crippen LogP contribution in [-0.2, 0) is 17.1 Å². The molecule has 0 aliphatic carbocycles. The van der Waals surface area contributed by atoms with Gasteiger partial charge in [-0.15, -0.1) is 0 Å². The highest BCUT2D eigenvalue weighted by atomic mass is 32.2. The summed E-state index contributed by atoms with van der Waals surface area (Å²) in [6.07, 6.45) is 1.44. The first-order valence-corrected chi connectivity index (χ1v) is 7.59. The molecule has 19 heavy (non-hydrogen) atoms. The van der Waals surface area contributed by atoms with Crippen molar-refractivity contribution in [3.63, 3.8) is 0 Å². The van der Waals surface area contributed by atoms with Crippen LogP contribution in [0.1, 0.15) is 0 Å². The largest absolute Gasteiger partial charge is 0.398 e. The fourth-order valence-electron chi connectivity index (χ4n) is 1.38. The average molecular weight is 299 g/mol. The molecule has 0 aliphatic rings. The summed E-state index contributed by atoms with van der Waals surface area (Å²) in [7, 11) is -0.356. The van der Waals surface area contributed by atoms with Crippen molar-refractivity contribution in [1.82, 2.24) is 19.5 Å². The molecule has 1 aromatic carbocycles. The molecule has 1 aromatic heterocycles. The van der Waals surface area contributed by atoms with Gasteiger partial charge in [-0.25, -0.2) is 22.8 Å². The zero-order valence-corrected chi connectivity index (χ0v) is 12.0. The van der Waals surface area contributed by atoms with Gasteiger partial charge in [0.15, 0.2) is 5.16 Å². The van der Waals surface area contributed by atoms with Gasteiger partial charge in [-0.3, -0.25) is 0 Å². The normalized spacial score (nSPS) is 11.7. The minimum atomic E-state index is -3.48. The van der Waals surface area contributed by atoms with Crippen LogP contribution in [0.15, 0.2) is 39.5 Å². The third-order valence-corrected chi connectivity index (χ3v) is 4.99. The molecule has 0 bridgehead atoms. The summed E-state index contributed by atoms with van der Waals surface area (Å²) in [6, 6.07) is 4.57. The monoisotopic (exact) mass is 299 g/mol. The molecule has 2 rings (SSSR count). The number of aryl methyl sites for hydroxylation is 1. The Hall–Kier alpha value is -1.58. The fourth-order valence-corrected chi connectivity index (χ4v) is 2.93. The van der Waals surface area contributed by atoms with Crippen molar-refractivity contribution < 1.29 is 8.42 Å². The molecule has 0 fully saturated rings. The van der Waals surface area contributed by atoms with Crippen LogP contribution in [0.5, 0.6) is 0 Å². The SMILES string of the molecule is CNS(=O)(=O)c1ccc(Sc2ncnn2C)c(N)c1. The van der Waals surface area contributed by atoms with E-state index < -0.39 is 10.0 Å². The number of nitrogen functional groups attached to an aromatic ring is 1. The molecule has 0 unspecified atom stereocenters. The van der Waals surface area contributed by atoms with Crippen molar-refractivity contribution in [2.75, 3.05) is 12.8 Å². The van der Waals surface area contributed by atoms with Crippen LogP contribution in [0.25, 0.3) is 0 Å². The first-order chi connectivity index (χ1) is 8.94. The molecule has 0 saturated carbocycles. The number of nitrogens with one attached hydrogen (secondary N) is 1. The van der Waals surface area contributed by atoms with E-state index in [1.807, 2.05) is 0 Å². The molecule has 2 aromatic rings. The van der Waals surface area contributed by atoms with Gasteiger partial charge in [-0.2, -0.15) is 5.10 Å². The summed E-state index contributed by atoms with van der Waals surface area (Å²) in [5.74, 6) is 0. The zero-order chi connectivity index (χ0) is 14.0. The van der Waals surface area contributed by atoms with Crippen LogP contribution in [0.2, 0.25) is 0 Å². The van der Waals surface area contributed by atoms with Gasteiger partial charge in [0.1, 0.15) is 6.33 Å². The Balaban J connectivity index is 2.33. The highest BCUT2D eigenvalue weighted by Crippen LogP contribution is 2.31.